The first-order chi connectivity index (χ1) is 12.4. The average Bonchev–Trinajstić information content (AvgIpc) is 2.60. The molecular formula is C19H23NO6. The van der Waals surface area contributed by atoms with Gasteiger partial charge in [-0.05, 0) is 26.3 Å². The van der Waals surface area contributed by atoms with Crippen LogP contribution in [0.25, 0.3) is 0 Å². The van der Waals surface area contributed by atoms with Crippen molar-refractivity contribution in [1.29, 1.82) is 0 Å². The van der Waals surface area contributed by atoms with Gasteiger partial charge in [-0.25, -0.2) is 0 Å². The Labute approximate surface area is 152 Å². The van der Waals surface area contributed by atoms with E-state index in [-0.39, 0.29) is 18.8 Å². The van der Waals surface area contributed by atoms with Crippen LogP contribution in [0.3, 0.4) is 0 Å². The highest BCUT2D eigenvalue weighted by molar-refractivity contribution is 6.00. The molecule has 7 heteroatoms. The maximum atomic E-state index is 12.7. The number of rotatable bonds is 7. The minimum absolute atomic E-state index is 0.166. The molecule has 0 aliphatic heterocycles. The first kappa shape index (κ1) is 19.6. The van der Waals surface area contributed by atoms with E-state index in [0.29, 0.717) is 28.9 Å². The van der Waals surface area contributed by atoms with Gasteiger partial charge in [-0.3, -0.25) is 19.7 Å². The van der Waals surface area contributed by atoms with Crippen LogP contribution in [0.1, 0.15) is 38.2 Å². The van der Waals surface area contributed by atoms with Crippen molar-refractivity contribution in [3.63, 3.8) is 0 Å². The Morgan fingerprint density at radius 3 is 2.69 bits per heavy atom. The molecule has 0 heterocycles. The maximum absolute atomic E-state index is 12.7. The molecule has 0 saturated carbocycles. The van der Waals surface area contributed by atoms with Crippen molar-refractivity contribution in [2.45, 2.75) is 32.6 Å². The van der Waals surface area contributed by atoms with Crippen LogP contribution in [-0.2, 0) is 14.3 Å². The molecule has 0 N–H and O–H groups in total. The molecule has 0 amide bonds. The lowest BCUT2D eigenvalue weighted by Gasteiger charge is -2.28. The van der Waals surface area contributed by atoms with Gasteiger partial charge in [-0.2, -0.15) is 0 Å². The number of ether oxygens (including phenoxy) is 2. The van der Waals surface area contributed by atoms with E-state index in [4.69, 9.17) is 9.47 Å². The molecule has 0 unspecified atom stereocenters. The Bertz CT molecular complexity index is 739. The quantitative estimate of drug-likeness (QED) is 0.421. The molecular weight excluding hydrogens is 338 g/mol. The van der Waals surface area contributed by atoms with Gasteiger partial charge in [-0.1, -0.05) is 23.8 Å². The summed E-state index contributed by atoms with van der Waals surface area (Å²) in [6.07, 6.45) is 0.531. The van der Waals surface area contributed by atoms with Crippen LogP contribution in [0, 0.1) is 16.0 Å². The normalized spacial score (nSPS) is 18.4. The molecule has 0 radical (unpaired) electrons. The van der Waals surface area contributed by atoms with Crippen molar-refractivity contribution >= 4 is 11.8 Å². The molecule has 2 rings (SSSR count). The zero-order valence-electron chi connectivity index (χ0n) is 15.2. The van der Waals surface area contributed by atoms with Gasteiger partial charge in [0.15, 0.2) is 5.78 Å². The molecule has 1 aliphatic rings. The number of para-hydroxylation sites is 1. The van der Waals surface area contributed by atoms with E-state index in [0.717, 1.165) is 0 Å². The standard InChI is InChI=1S/C19H23NO6/c1-4-26-19(22)13-9-10-16(21)18(12(13)2)15(11-20(23)24)14-7-5-6-8-17(14)25-3/h5-8,13,15H,4,9-11H2,1-3H3/t13-,15+/m1/s1. The zero-order valence-corrected chi connectivity index (χ0v) is 15.2. The number of nitrogens with zero attached hydrogens (tertiary/aromatic N) is 1. The van der Waals surface area contributed by atoms with Crippen LogP contribution in [0.4, 0.5) is 0 Å². The van der Waals surface area contributed by atoms with Gasteiger partial charge in [0.25, 0.3) is 0 Å². The molecule has 1 aliphatic carbocycles. The van der Waals surface area contributed by atoms with Crippen LogP contribution in [0.2, 0.25) is 0 Å². The molecule has 0 bridgehead atoms. The van der Waals surface area contributed by atoms with Crippen LogP contribution in [-0.4, -0.2) is 36.9 Å². The first-order valence-corrected chi connectivity index (χ1v) is 8.55. The van der Waals surface area contributed by atoms with Crippen molar-refractivity contribution in [2.75, 3.05) is 20.3 Å². The monoisotopic (exact) mass is 361 g/mol. The van der Waals surface area contributed by atoms with Crippen molar-refractivity contribution in [3.05, 3.63) is 51.1 Å². The van der Waals surface area contributed by atoms with E-state index in [1.807, 2.05) is 0 Å². The van der Waals surface area contributed by atoms with Gasteiger partial charge >= 0.3 is 5.97 Å². The van der Waals surface area contributed by atoms with Crippen molar-refractivity contribution < 1.29 is 24.0 Å². The average molecular weight is 361 g/mol. The van der Waals surface area contributed by atoms with Crippen molar-refractivity contribution in [2.24, 2.45) is 5.92 Å². The Morgan fingerprint density at radius 2 is 2.08 bits per heavy atom. The Morgan fingerprint density at radius 1 is 1.38 bits per heavy atom. The number of hydrogen-bond acceptors (Lipinski definition) is 6. The minimum Gasteiger partial charge on any atom is -0.496 e. The molecule has 1 aromatic carbocycles. The third kappa shape index (κ3) is 4.09. The number of carbonyl (C=O) groups excluding carboxylic acids is 2. The summed E-state index contributed by atoms with van der Waals surface area (Å²) >= 11 is 0. The van der Waals surface area contributed by atoms with E-state index < -0.39 is 29.3 Å². The lowest BCUT2D eigenvalue weighted by atomic mass is 9.75. The summed E-state index contributed by atoms with van der Waals surface area (Å²) in [7, 11) is 1.48. The zero-order chi connectivity index (χ0) is 19.3. The summed E-state index contributed by atoms with van der Waals surface area (Å²) in [5.74, 6) is -1.40. The third-order valence-electron chi connectivity index (χ3n) is 4.67. The molecule has 0 saturated heterocycles. The van der Waals surface area contributed by atoms with Crippen LogP contribution < -0.4 is 4.74 Å². The number of benzene rings is 1. The number of Topliss-reactive ketones (excluding diaryl/α,β-unsaturated/α-hetero) is 1. The molecule has 2 atom stereocenters. The van der Waals surface area contributed by atoms with E-state index in [2.05, 4.69) is 0 Å². The van der Waals surface area contributed by atoms with E-state index in [1.165, 1.54) is 7.11 Å². The van der Waals surface area contributed by atoms with Gasteiger partial charge in [-0.15, -0.1) is 0 Å². The second kappa shape index (κ2) is 8.60. The summed E-state index contributed by atoms with van der Waals surface area (Å²) in [5.41, 5.74) is 1.45. The van der Waals surface area contributed by atoms with Crippen LogP contribution in [0.5, 0.6) is 5.75 Å². The van der Waals surface area contributed by atoms with E-state index >= 15 is 0 Å². The molecule has 0 aromatic heterocycles. The summed E-state index contributed by atoms with van der Waals surface area (Å²) in [6, 6.07) is 6.93. The predicted octanol–water partition coefficient (Wildman–Crippen LogP) is 2.91. The lowest BCUT2D eigenvalue weighted by molar-refractivity contribution is -0.481. The minimum atomic E-state index is -0.772. The Balaban J connectivity index is 2.57. The SMILES string of the molecule is CCOC(=O)[C@@H]1CCC(=O)C([C@@H](C[N+](=O)[O-])c2ccccc2OC)=C1C. The molecule has 7 nitrogen and oxygen atoms in total. The number of nitro groups is 1. The van der Waals surface area contributed by atoms with Crippen molar-refractivity contribution in [1.82, 2.24) is 0 Å². The highest BCUT2D eigenvalue weighted by atomic mass is 16.6. The highest BCUT2D eigenvalue weighted by Crippen LogP contribution is 2.40. The fourth-order valence-corrected chi connectivity index (χ4v) is 3.49. The van der Waals surface area contributed by atoms with E-state index in [9.17, 15) is 19.7 Å². The van der Waals surface area contributed by atoms with Crippen LogP contribution >= 0.6 is 0 Å². The van der Waals surface area contributed by atoms with Gasteiger partial charge in [0.05, 0.1) is 25.6 Å². The number of esters is 1. The Hall–Kier alpha value is -2.70. The predicted molar refractivity (Wildman–Crippen MR) is 94.7 cm³/mol. The first-order valence-electron chi connectivity index (χ1n) is 8.55. The molecule has 1 aromatic rings. The van der Waals surface area contributed by atoms with Gasteiger partial charge < -0.3 is 9.47 Å². The number of methoxy groups -OCH3 is 1. The van der Waals surface area contributed by atoms with Gasteiger partial charge in [0, 0.05) is 22.5 Å². The maximum Gasteiger partial charge on any atom is 0.313 e. The smallest absolute Gasteiger partial charge is 0.313 e. The summed E-state index contributed by atoms with van der Waals surface area (Å²) in [5, 5.41) is 11.3. The summed E-state index contributed by atoms with van der Waals surface area (Å²) in [6.45, 7) is 3.21. The molecule has 0 spiro atoms. The second-order valence-electron chi connectivity index (χ2n) is 6.17. The van der Waals surface area contributed by atoms with Gasteiger partial charge in [0.1, 0.15) is 5.75 Å². The van der Waals surface area contributed by atoms with E-state index in [1.54, 1.807) is 38.1 Å². The molecule has 0 fully saturated rings. The topological polar surface area (TPSA) is 95.7 Å². The van der Waals surface area contributed by atoms with Crippen molar-refractivity contribution in [3.8, 4) is 5.75 Å². The molecule has 140 valence electrons. The van der Waals surface area contributed by atoms with Crippen LogP contribution in [0.15, 0.2) is 35.4 Å². The lowest BCUT2D eigenvalue weighted by Crippen LogP contribution is -2.30. The largest absolute Gasteiger partial charge is 0.496 e. The van der Waals surface area contributed by atoms with Gasteiger partial charge in [0.2, 0.25) is 6.54 Å². The number of hydrogen-bond donors (Lipinski definition) is 0. The summed E-state index contributed by atoms with van der Waals surface area (Å²) < 4.78 is 10.4. The highest BCUT2D eigenvalue weighted by Gasteiger charge is 2.38. The molecule has 26 heavy (non-hydrogen) atoms. The third-order valence-corrected chi connectivity index (χ3v) is 4.67. The second-order valence-corrected chi connectivity index (χ2v) is 6.17. The number of ketones is 1. The summed E-state index contributed by atoms with van der Waals surface area (Å²) in [4.78, 5) is 35.7. The fraction of sp³-hybridized carbons (Fsp3) is 0.474. The number of carbonyl (C=O) groups is 2. The fourth-order valence-electron chi connectivity index (χ4n) is 3.49. The Kier molecular flexibility index (Phi) is 6.49.